The van der Waals surface area contributed by atoms with Gasteiger partial charge in [-0.25, -0.2) is 0 Å². The minimum Gasteiger partial charge on any atom is -0.353 e. The quantitative estimate of drug-likeness (QED) is 0.427. The molecule has 2 saturated heterocycles. The molecule has 2 aliphatic heterocycles. The SMILES string of the molecule is O=C1NC(=S)N/C1=C\CCCCCOC1CCCCO1. The minimum atomic E-state index is -0.132. The van der Waals surface area contributed by atoms with Gasteiger partial charge in [0.2, 0.25) is 0 Å². The number of carbonyl (C=O) groups excluding carboxylic acids is 1. The predicted molar refractivity (Wildman–Crippen MR) is 80.0 cm³/mol. The summed E-state index contributed by atoms with van der Waals surface area (Å²) in [4.78, 5) is 11.4. The van der Waals surface area contributed by atoms with Gasteiger partial charge < -0.3 is 14.8 Å². The van der Waals surface area contributed by atoms with Crippen molar-refractivity contribution in [2.75, 3.05) is 13.2 Å². The van der Waals surface area contributed by atoms with Crippen molar-refractivity contribution in [2.45, 2.75) is 51.2 Å². The summed E-state index contributed by atoms with van der Waals surface area (Å²) >= 11 is 4.86. The van der Waals surface area contributed by atoms with Crippen molar-refractivity contribution in [2.24, 2.45) is 0 Å². The van der Waals surface area contributed by atoms with Gasteiger partial charge in [-0.3, -0.25) is 10.1 Å². The van der Waals surface area contributed by atoms with Crippen LogP contribution in [0.4, 0.5) is 0 Å². The fourth-order valence-electron chi connectivity index (χ4n) is 2.25. The number of rotatable bonds is 7. The Labute approximate surface area is 125 Å². The van der Waals surface area contributed by atoms with E-state index in [4.69, 9.17) is 21.7 Å². The highest BCUT2D eigenvalue weighted by molar-refractivity contribution is 7.80. The van der Waals surface area contributed by atoms with Gasteiger partial charge in [0.05, 0.1) is 0 Å². The van der Waals surface area contributed by atoms with E-state index in [1.807, 2.05) is 6.08 Å². The molecule has 1 atom stereocenters. The minimum absolute atomic E-state index is 0.0123. The maximum Gasteiger partial charge on any atom is 0.273 e. The Hall–Kier alpha value is -0.980. The van der Waals surface area contributed by atoms with Crippen LogP contribution in [0.3, 0.4) is 0 Å². The lowest BCUT2D eigenvalue weighted by Gasteiger charge is -2.22. The number of nitrogens with one attached hydrogen (secondary N) is 2. The Balaban J connectivity index is 1.48. The van der Waals surface area contributed by atoms with Crippen molar-refractivity contribution in [3.8, 4) is 0 Å². The maximum absolute atomic E-state index is 11.4. The summed E-state index contributed by atoms with van der Waals surface area (Å²) in [5.41, 5.74) is 0.571. The number of hydrogen-bond donors (Lipinski definition) is 2. The second kappa shape index (κ2) is 8.34. The lowest BCUT2D eigenvalue weighted by molar-refractivity contribution is -0.162. The highest BCUT2D eigenvalue weighted by atomic mass is 32.1. The zero-order valence-electron chi connectivity index (χ0n) is 11.7. The van der Waals surface area contributed by atoms with Crippen LogP contribution in [-0.2, 0) is 14.3 Å². The summed E-state index contributed by atoms with van der Waals surface area (Å²) in [5.74, 6) is -0.132. The first-order valence-corrected chi connectivity index (χ1v) is 7.72. The number of thiocarbonyl (C=S) groups is 1. The molecule has 0 bridgehead atoms. The second-order valence-electron chi connectivity index (χ2n) is 5.04. The summed E-state index contributed by atoms with van der Waals surface area (Å²) in [6, 6.07) is 0. The largest absolute Gasteiger partial charge is 0.353 e. The van der Waals surface area contributed by atoms with E-state index < -0.39 is 0 Å². The van der Waals surface area contributed by atoms with Crippen LogP contribution in [0.1, 0.15) is 44.9 Å². The zero-order chi connectivity index (χ0) is 14.2. The van der Waals surface area contributed by atoms with Gasteiger partial charge >= 0.3 is 0 Å². The standard InChI is InChI=1S/C14H22N2O3S/c17-13-11(15-14(20)16-13)7-3-1-2-5-9-18-12-8-4-6-10-19-12/h7,12H,1-6,8-10H2,(H2,15,16,17,20)/b11-7-. The van der Waals surface area contributed by atoms with E-state index in [1.165, 1.54) is 6.42 Å². The zero-order valence-corrected chi connectivity index (χ0v) is 12.5. The van der Waals surface area contributed by atoms with Gasteiger partial charge in [0.15, 0.2) is 11.4 Å². The Morgan fingerprint density at radius 3 is 2.90 bits per heavy atom. The molecule has 2 aliphatic rings. The second-order valence-corrected chi connectivity index (χ2v) is 5.45. The normalized spacial score (nSPS) is 24.8. The van der Waals surface area contributed by atoms with E-state index in [2.05, 4.69) is 10.6 Å². The highest BCUT2D eigenvalue weighted by Crippen LogP contribution is 2.14. The predicted octanol–water partition coefficient (Wildman–Crippen LogP) is 1.98. The van der Waals surface area contributed by atoms with E-state index in [0.717, 1.165) is 51.7 Å². The van der Waals surface area contributed by atoms with Crippen LogP contribution in [0.25, 0.3) is 0 Å². The number of ether oxygens (including phenoxy) is 2. The molecule has 6 heteroatoms. The topological polar surface area (TPSA) is 59.6 Å². The smallest absolute Gasteiger partial charge is 0.273 e. The van der Waals surface area contributed by atoms with Crippen LogP contribution >= 0.6 is 12.2 Å². The van der Waals surface area contributed by atoms with E-state index in [0.29, 0.717) is 10.8 Å². The molecule has 0 radical (unpaired) electrons. The van der Waals surface area contributed by atoms with Gasteiger partial charge in [0.1, 0.15) is 5.70 Å². The molecular weight excluding hydrogens is 276 g/mol. The molecule has 2 fully saturated rings. The number of carbonyl (C=O) groups is 1. The van der Waals surface area contributed by atoms with Crippen molar-refractivity contribution in [3.05, 3.63) is 11.8 Å². The van der Waals surface area contributed by atoms with Gasteiger partial charge in [0.25, 0.3) is 5.91 Å². The Kier molecular flexibility index (Phi) is 6.42. The van der Waals surface area contributed by atoms with Crippen LogP contribution < -0.4 is 10.6 Å². The number of hydrogen-bond acceptors (Lipinski definition) is 4. The molecule has 5 nitrogen and oxygen atoms in total. The molecule has 20 heavy (non-hydrogen) atoms. The summed E-state index contributed by atoms with van der Waals surface area (Å²) in [5, 5.41) is 5.77. The number of allylic oxidation sites excluding steroid dienone is 1. The van der Waals surface area contributed by atoms with Crippen LogP contribution in [-0.4, -0.2) is 30.5 Å². The van der Waals surface area contributed by atoms with E-state index in [-0.39, 0.29) is 12.2 Å². The molecule has 2 N–H and O–H groups in total. The first-order chi connectivity index (χ1) is 9.75. The van der Waals surface area contributed by atoms with E-state index >= 15 is 0 Å². The molecule has 0 aromatic carbocycles. The average Bonchev–Trinajstić information content (AvgIpc) is 2.77. The number of amides is 1. The summed E-state index contributed by atoms with van der Waals surface area (Å²) in [6.45, 7) is 1.58. The lowest BCUT2D eigenvalue weighted by atomic mass is 10.2. The Bertz CT molecular complexity index is 379. The molecule has 1 amide bonds. The van der Waals surface area contributed by atoms with Gasteiger partial charge in [0, 0.05) is 13.2 Å². The van der Waals surface area contributed by atoms with Gasteiger partial charge in [-0.05, 0) is 50.7 Å². The molecule has 112 valence electrons. The molecule has 0 aromatic rings. The molecule has 0 aliphatic carbocycles. The van der Waals surface area contributed by atoms with Gasteiger partial charge in [-0.2, -0.15) is 0 Å². The van der Waals surface area contributed by atoms with Gasteiger partial charge in [-0.15, -0.1) is 0 Å². The monoisotopic (exact) mass is 298 g/mol. The lowest BCUT2D eigenvalue weighted by Crippen LogP contribution is -2.22. The average molecular weight is 298 g/mol. The molecule has 2 heterocycles. The first-order valence-electron chi connectivity index (χ1n) is 7.31. The van der Waals surface area contributed by atoms with Crippen molar-refractivity contribution >= 4 is 23.2 Å². The van der Waals surface area contributed by atoms with Crippen molar-refractivity contribution in [1.29, 1.82) is 0 Å². The van der Waals surface area contributed by atoms with Gasteiger partial charge in [-0.1, -0.05) is 12.5 Å². The summed E-state index contributed by atoms with van der Waals surface area (Å²) < 4.78 is 11.2. The molecular formula is C14H22N2O3S. The fraction of sp³-hybridized carbons (Fsp3) is 0.714. The van der Waals surface area contributed by atoms with Crippen LogP contribution in [0.15, 0.2) is 11.8 Å². The Morgan fingerprint density at radius 1 is 1.30 bits per heavy atom. The fourth-order valence-corrected chi connectivity index (χ4v) is 2.45. The third kappa shape index (κ3) is 5.19. The van der Waals surface area contributed by atoms with Crippen LogP contribution in [0, 0.1) is 0 Å². The van der Waals surface area contributed by atoms with Crippen LogP contribution in [0.5, 0.6) is 0 Å². The van der Waals surface area contributed by atoms with Crippen molar-refractivity contribution in [3.63, 3.8) is 0 Å². The molecule has 0 aromatic heterocycles. The van der Waals surface area contributed by atoms with E-state index in [1.54, 1.807) is 0 Å². The summed E-state index contributed by atoms with van der Waals surface area (Å²) in [6.07, 6.45) is 9.32. The number of unbranched alkanes of at least 4 members (excludes halogenated alkanes) is 3. The molecule has 0 spiro atoms. The van der Waals surface area contributed by atoms with Crippen LogP contribution in [0.2, 0.25) is 0 Å². The third-order valence-electron chi connectivity index (χ3n) is 3.36. The van der Waals surface area contributed by atoms with Crippen molar-refractivity contribution in [1.82, 2.24) is 10.6 Å². The third-order valence-corrected chi connectivity index (χ3v) is 3.56. The molecule has 1 unspecified atom stereocenters. The van der Waals surface area contributed by atoms with Crippen molar-refractivity contribution < 1.29 is 14.3 Å². The highest BCUT2D eigenvalue weighted by Gasteiger charge is 2.19. The molecule has 2 rings (SSSR count). The first kappa shape index (κ1) is 15.4. The Morgan fingerprint density at radius 2 is 2.20 bits per heavy atom. The molecule has 0 saturated carbocycles. The van der Waals surface area contributed by atoms with E-state index in [9.17, 15) is 4.79 Å². The maximum atomic E-state index is 11.4. The summed E-state index contributed by atoms with van der Waals surface area (Å²) in [7, 11) is 0.